The van der Waals surface area contributed by atoms with Crippen molar-refractivity contribution in [2.24, 2.45) is 5.41 Å². The van der Waals surface area contributed by atoms with Gasteiger partial charge in [0.1, 0.15) is 5.54 Å². The van der Waals surface area contributed by atoms with E-state index in [0.29, 0.717) is 11.5 Å². The Labute approximate surface area is 104 Å². The number of nitrogens with zero attached hydrogens (tertiary/aromatic N) is 1. The van der Waals surface area contributed by atoms with Crippen molar-refractivity contribution >= 4 is 5.97 Å². The monoisotopic (exact) mass is 239 g/mol. The summed E-state index contributed by atoms with van der Waals surface area (Å²) in [4.78, 5) is 14.0. The van der Waals surface area contributed by atoms with E-state index < -0.39 is 11.5 Å². The summed E-state index contributed by atoms with van der Waals surface area (Å²) in [6.45, 7) is 7.60. The van der Waals surface area contributed by atoms with E-state index in [1.807, 2.05) is 6.92 Å². The highest BCUT2D eigenvalue weighted by Crippen LogP contribution is 2.45. The third-order valence-corrected chi connectivity index (χ3v) is 4.91. The molecule has 2 aliphatic rings. The van der Waals surface area contributed by atoms with Crippen LogP contribution in [0.3, 0.4) is 0 Å². The van der Waals surface area contributed by atoms with Gasteiger partial charge < -0.3 is 5.11 Å². The van der Waals surface area contributed by atoms with Gasteiger partial charge in [0.15, 0.2) is 0 Å². The molecule has 98 valence electrons. The summed E-state index contributed by atoms with van der Waals surface area (Å²) in [6, 6.07) is 0.489. The van der Waals surface area contributed by atoms with Crippen LogP contribution in [0.25, 0.3) is 0 Å². The standard InChI is InChI=1S/C14H25NO2/c1-4-14(12(16)17)7-5-9-15(14)11-6-8-13(2,3)10-11/h11H,4-10H2,1-3H3,(H,16,17). The van der Waals surface area contributed by atoms with Crippen LogP contribution in [-0.4, -0.2) is 34.1 Å². The fraction of sp³-hybridized carbons (Fsp3) is 0.929. The molecule has 0 aromatic rings. The highest BCUT2D eigenvalue weighted by molar-refractivity contribution is 5.79. The zero-order valence-electron chi connectivity index (χ0n) is 11.3. The number of likely N-dealkylation sites (tertiary alicyclic amines) is 1. The van der Waals surface area contributed by atoms with Crippen LogP contribution in [0.5, 0.6) is 0 Å². The average molecular weight is 239 g/mol. The average Bonchev–Trinajstić information content (AvgIpc) is 2.81. The van der Waals surface area contributed by atoms with Crippen molar-refractivity contribution in [3.8, 4) is 0 Å². The van der Waals surface area contributed by atoms with E-state index in [1.54, 1.807) is 0 Å². The van der Waals surface area contributed by atoms with E-state index >= 15 is 0 Å². The largest absolute Gasteiger partial charge is 0.480 e. The van der Waals surface area contributed by atoms with Crippen LogP contribution in [0.2, 0.25) is 0 Å². The topological polar surface area (TPSA) is 40.5 Å². The molecule has 17 heavy (non-hydrogen) atoms. The van der Waals surface area contributed by atoms with Crippen molar-refractivity contribution in [1.82, 2.24) is 4.90 Å². The zero-order chi connectivity index (χ0) is 12.7. The highest BCUT2D eigenvalue weighted by atomic mass is 16.4. The number of carbonyl (C=O) groups is 1. The van der Waals surface area contributed by atoms with E-state index in [2.05, 4.69) is 18.7 Å². The first-order valence-corrected chi connectivity index (χ1v) is 6.91. The van der Waals surface area contributed by atoms with Gasteiger partial charge in [-0.15, -0.1) is 0 Å². The molecule has 2 atom stereocenters. The van der Waals surface area contributed by atoms with Crippen molar-refractivity contribution < 1.29 is 9.90 Å². The number of hydrogen-bond acceptors (Lipinski definition) is 2. The predicted molar refractivity (Wildman–Crippen MR) is 68.0 cm³/mol. The van der Waals surface area contributed by atoms with Crippen LogP contribution in [0.15, 0.2) is 0 Å². The first kappa shape index (κ1) is 12.9. The lowest BCUT2D eigenvalue weighted by atomic mass is 9.89. The third-order valence-electron chi connectivity index (χ3n) is 4.91. The van der Waals surface area contributed by atoms with Gasteiger partial charge in [-0.25, -0.2) is 0 Å². The summed E-state index contributed by atoms with van der Waals surface area (Å²) in [5, 5.41) is 9.58. The number of hydrogen-bond donors (Lipinski definition) is 1. The number of rotatable bonds is 3. The molecule has 2 unspecified atom stereocenters. The van der Waals surface area contributed by atoms with Crippen molar-refractivity contribution in [2.45, 2.75) is 70.9 Å². The Morgan fingerprint density at radius 3 is 2.59 bits per heavy atom. The molecule has 3 nitrogen and oxygen atoms in total. The Bertz CT molecular complexity index is 313. The van der Waals surface area contributed by atoms with Gasteiger partial charge in [0.2, 0.25) is 0 Å². The van der Waals surface area contributed by atoms with Gasteiger partial charge in [0.05, 0.1) is 0 Å². The van der Waals surface area contributed by atoms with Gasteiger partial charge in [0.25, 0.3) is 0 Å². The van der Waals surface area contributed by atoms with Gasteiger partial charge in [-0.1, -0.05) is 20.8 Å². The first-order valence-electron chi connectivity index (χ1n) is 6.91. The van der Waals surface area contributed by atoms with Gasteiger partial charge in [-0.2, -0.15) is 0 Å². The maximum absolute atomic E-state index is 11.6. The lowest BCUT2D eigenvalue weighted by molar-refractivity contribution is -0.151. The first-order chi connectivity index (χ1) is 7.91. The Morgan fingerprint density at radius 1 is 1.41 bits per heavy atom. The highest BCUT2D eigenvalue weighted by Gasteiger charge is 2.50. The van der Waals surface area contributed by atoms with Crippen molar-refractivity contribution in [3.05, 3.63) is 0 Å². The van der Waals surface area contributed by atoms with E-state index in [1.165, 1.54) is 12.8 Å². The summed E-state index contributed by atoms with van der Waals surface area (Å²) in [5.74, 6) is -0.609. The van der Waals surface area contributed by atoms with Gasteiger partial charge in [-0.3, -0.25) is 9.69 Å². The second kappa shape index (κ2) is 4.27. The fourth-order valence-corrected chi connectivity index (χ4v) is 3.86. The molecule has 2 rings (SSSR count). The van der Waals surface area contributed by atoms with Crippen LogP contribution >= 0.6 is 0 Å². The van der Waals surface area contributed by atoms with Gasteiger partial charge >= 0.3 is 5.97 Å². The quantitative estimate of drug-likeness (QED) is 0.823. The Kier molecular flexibility index (Phi) is 3.23. The minimum absolute atomic E-state index is 0.394. The maximum atomic E-state index is 11.6. The molecule has 0 spiro atoms. The molecule has 0 bridgehead atoms. The molecular weight excluding hydrogens is 214 g/mol. The van der Waals surface area contributed by atoms with Gasteiger partial charge in [-0.05, 0) is 50.5 Å². The van der Waals surface area contributed by atoms with E-state index in [-0.39, 0.29) is 0 Å². The minimum atomic E-state index is -0.609. The minimum Gasteiger partial charge on any atom is -0.480 e. The van der Waals surface area contributed by atoms with E-state index in [4.69, 9.17) is 0 Å². The van der Waals surface area contributed by atoms with Crippen molar-refractivity contribution in [1.29, 1.82) is 0 Å². The summed E-state index contributed by atoms with van der Waals surface area (Å²) >= 11 is 0. The zero-order valence-corrected chi connectivity index (χ0v) is 11.3. The third kappa shape index (κ3) is 2.10. The van der Waals surface area contributed by atoms with Crippen molar-refractivity contribution in [2.75, 3.05) is 6.54 Å². The van der Waals surface area contributed by atoms with Gasteiger partial charge in [0, 0.05) is 6.04 Å². The molecule has 1 heterocycles. The molecule has 2 fully saturated rings. The lowest BCUT2D eigenvalue weighted by Gasteiger charge is -2.38. The predicted octanol–water partition coefficient (Wildman–Crippen LogP) is 2.89. The molecule has 0 aromatic carbocycles. The molecular formula is C14H25NO2. The fourth-order valence-electron chi connectivity index (χ4n) is 3.86. The second-order valence-electron chi connectivity index (χ2n) is 6.55. The molecule has 1 aliphatic carbocycles. The molecule has 1 saturated carbocycles. The molecule has 1 N–H and O–H groups in total. The Hall–Kier alpha value is -0.570. The molecule has 0 amide bonds. The number of aliphatic carboxylic acids is 1. The Balaban J connectivity index is 2.18. The molecule has 1 aliphatic heterocycles. The van der Waals surface area contributed by atoms with Crippen LogP contribution in [0.1, 0.15) is 59.3 Å². The Morgan fingerprint density at radius 2 is 2.12 bits per heavy atom. The summed E-state index contributed by atoms with van der Waals surface area (Å²) in [5.41, 5.74) is -0.170. The number of carboxylic acids is 1. The van der Waals surface area contributed by atoms with Crippen LogP contribution in [0, 0.1) is 5.41 Å². The summed E-state index contributed by atoms with van der Waals surface area (Å²) in [6.07, 6.45) is 6.16. The molecule has 0 aromatic heterocycles. The van der Waals surface area contributed by atoms with E-state index in [0.717, 1.165) is 32.2 Å². The maximum Gasteiger partial charge on any atom is 0.324 e. The summed E-state index contributed by atoms with van der Waals surface area (Å²) in [7, 11) is 0. The molecule has 3 heteroatoms. The normalized spacial score (nSPS) is 37.5. The smallest absolute Gasteiger partial charge is 0.324 e. The van der Waals surface area contributed by atoms with Crippen LogP contribution in [0.4, 0.5) is 0 Å². The van der Waals surface area contributed by atoms with Crippen molar-refractivity contribution in [3.63, 3.8) is 0 Å². The second-order valence-corrected chi connectivity index (χ2v) is 6.55. The summed E-state index contributed by atoms with van der Waals surface area (Å²) < 4.78 is 0. The number of carboxylic acid groups (broad SMARTS) is 1. The molecule has 1 saturated heterocycles. The van der Waals surface area contributed by atoms with Crippen LogP contribution < -0.4 is 0 Å². The molecule has 0 radical (unpaired) electrons. The van der Waals surface area contributed by atoms with E-state index in [9.17, 15) is 9.90 Å². The SMILES string of the molecule is CCC1(C(=O)O)CCCN1C1CCC(C)(C)C1. The lowest BCUT2D eigenvalue weighted by Crippen LogP contribution is -2.53. The van der Waals surface area contributed by atoms with Crippen LogP contribution in [-0.2, 0) is 4.79 Å².